The zero-order valence-corrected chi connectivity index (χ0v) is 79.7. The van der Waals surface area contributed by atoms with E-state index >= 15 is 0 Å². The van der Waals surface area contributed by atoms with E-state index in [1.807, 2.05) is 0 Å². The van der Waals surface area contributed by atoms with Crippen molar-refractivity contribution in [3.63, 3.8) is 0 Å². The van der Waals surface area contributed by atoms with E-state index in [4.69, 9.17) is 11.3 Å². The number of fused-ring (bicyclic) bond motifs is 7. The van der Waals surface area contributed by atoms with Gasteiger partial charge in [-0.1, -0.05) is 72.1 Å². The van der Waals surface area contributed by atoms with Gasteiger partial charge in [0.15, 0.2) is 0 Å². The number of nitrogens with zero attached hydrogens (tertiary/aromatic N) is 7. The van der Waals surface area contributed by atoms with Crippen molar-refractivity contribution >= 4 is 232 Å². The maximum Gasteiger partial charge on any atom is 0.336 e. The lowest BCUT2D eigenvalue weighted by Gasteiger charge is -2.35. The number of esters is 1. The molecule has 0 fully saturated rings. The van der Waals surface area contributed by atoms with Crippen LogP contribution in [0.4, 0.5) is 102 Å². The van der Waals surface area contributed by atoms with Gasteiger partial charge in [0.25, 0.3) is 5.70 Å². The minimum atomic E-state index is -0.688. The van der Waals surface area contributed by atoms with Gasteiger partial charge in [0, 0.05) is 144 Å². The molecule has 0 radical (unpaired) electrons. The molecule has 19 rings (SSSR count). The molecule has 0 aromatic heterocycles. The molecular formula is C109H85N7O2S10. The fourth-order valence-corrected chi connectivity index (χ4v) is 22.5. The quantitative estimate of drug-likeness (QED) is 0.0236. The lowest BCUT2D eigenvalue weighted by atomic mass is 9.95. The Kier molecular flexibility index (Phi) is 25.5. The van der Waals surface area contributed by atoms with Crippen LogP contribution in [0.5, 0.6) is 0 Å². The van der Waals surface area contributed by atoms with Gasteiger partial charge in [0.1, 0.15) is 0 Å². The smallest absolute Gasteiger partial charge is 0.336 e. The van der Waals surface area contributed by atoms with Gasteiger partial charge in [0.05, 0.1) is 36.4 Å². The van der Waals surface area contributed by atoms with Gasteiger partial charge in [-0.3, -0.25) is 4.79 Å². The summed E-state index contributed by atoms with van der Waals surface area (Å²) < 4.78 is 5.48. The van der Waals surface area contributed by atoms with Crippen molar-refractivity contribution in [2.24, 2.45) is 0 Å². The van der Waals surface area contributed by atoms with Crippen molar-refractivity contribution in [1.82, 2.24) is 0 Å². The van der Waals surface area contributed by atoms with Crippen LogP contribution in [0.15, 0.2) is 416 Å². The zero-order chi connectivity index (χ0) is 87.6. The molecule has 628 valence electrons. The van der Waals surface area contributed by atoms with Crippen molar-refractivity contribution in [3.8, 4) is 33.4 Å². The molecular weight excluding hydrogens is 1760 g/mol. The Bertz CT molecular complexity index is 6040. The van der Waals surface area contributed by atoms with Crippen molar-refractivity contribution in [1.29, 1.82) is 0 Å². The maximum atomic E-state index is 14.2. The number of methoxy groups -OCH3 is 1. The summed E-state index contributed by atoms with van der Waals surface area (Å²) in [5.74, 6) is -0.688. The van der Waals surface area contributed by atoms with E-state index in [2.05, 4.69) is 436 Å². The van der Waals surface area contributed by atoms with Crippen LogP contribution in [0.25, 0.3) is 43.8 Å². The summed E-state index contributed by atoms with van der Waals surface area (Å²) in [5.41, 5.74) is 26.7. The summed E-state index contributed by atoms with van der Waals surface area (Å²) in [6, 6.07) is 129. The Balaban J connectivity index is 0.677. The molecule has 0 saturated heterocycles. The molecule has 16 aromatic rings. The van der Waals surface area contributed by atoms with Crippen molar-refractivity contribution in [2.75, 3.05) is 86.6 Å². The van der Waals surface area contributed by atoms with Crippen molar-refractivity contribution in [2.45, 2.75) is 58.7 Å². The maximum absolute atomic E-state index is 14.2. The third-order valence-corrected chi connectivity index (χ3v) is 31.5. The standard InChI is InChI=1S/C109H85N7O2S10/c1-110-108(109(117)118-2)107-97-63-71(69-11-17-81(18-12-69)115-99-59-37-83(111(73-21-41-87(119-3)42-22-73)74-23-43-88(120-4)44-24-74)65-103(99)127-104-66-84(38-60-100(104)115)112(75-25-45-89(121-5)46-26-75)76-27-47-90(122-6)48-28-76)15-57-95(97)96-58-16-72(64-98(96)107)70-13-19-82(20-14-70)116-101-61-39-85(113(77-29-49-91(123-7)50-30-77)78-31-51-92(124-8)52-32-78)67-105(101)128-106-68-86(40-62-102(106)116)114(79-33-53-93(125-9)54-34-79)80-35-55-94(126-10)56-36-80/h11-68H,2-10H3. The predicted octanol–water partition coefficient (Wildman–Crippen LogP) is 34.4. The number of carbonyl (C=O) groups is 1. The fraction of sp³-hybridized carbons (Fsp3) is 0.0826. The molecule has 0 N–H and O–H groups in total. The minimum absolute atomic E-state index is 0.0730. The van der Waals surface area contributed by atoms with Gasteiger partial charge >= 0.3 is 5.97 Å². The Labute approximate surface area is 792 Å². The van der Waals surface area contributed by atoms with E-state index in [1.54, 1.807) is 118 Å². The highest BCUT2D eigenvalue weighted by Gasteiger charge is 2.34. The van der Waals surface area contributed by atoms with E-state index in [1.165, 1.54) is 46.3 Å². The zero-order valence-electron chi connectivity index (χ0n) is 71.5. The second-order valence-corrected chi connectivity index (χ2v) is 39.6. The van der Waals surface area contributed by atoms with Gasteiger partial charge < -0.3 is 34.1 Å². The third kappa shape index (κ3) is 17.0. The highest BCUT2D eigenvalue weighted by atomic mass is 32.2. The van der Waals surface area contributed by atoms with Crippen LogP contribution >= 0.6 is 118 Å². The first-order valence-corrected chi connectivity index (χ1v) is 52.8. The molecule has 0 spiro atoms. The van der Waals surface area contributed by atoms with Crippen LogP contribution < -0.4 is 29.4 Å². The first-order chi connectivity index (χ1) is 62.8. The normalized spacial score (nSPS) is 12.1. The highest BCUT2D eigenvalue weighted by molar-refractivity contribution is 8.01. The number of carbonyl (C=O) groups excluding carboxylic acids is 1. The molecule has 0 amide bonds. The Hall–Kier alpha value is -11.5. The molecule has 1 aliphatic carbocycles. The average molecular weight is 1850 g/mol. The van der Waals surface area contributed by atoms with E-state index in [-0.39, 0.29) is 5.70 Å². The molecule has 16 aromatic carbocycles. The molecule has 2 aliphatic heterocycles. The molecule has 3 aliphatic rings. The van der Waals surface area contributed by atoms with Gasteiger partial charge in [-0.2, -0.15) is 0 Å². The van der Waals surface area contributed by atoms with Gasteiger partial charge in [-0.25, -0.2) is 4.85 Å². The van der Waals surface area contributed by atoms with Gasteiger partial charge in [-0.15, -0.1) is 94.1 Å². The van der Waals surface area contributed by atoms with E-state index in [0.717, 1.165) is 166 Å². The van der Waals surface area contributed by atoms with Crippen LogP contribution in [-0.2, 0) is 9.53 Å². The molecule has 0 bridgehead atoms. The number of hydrogen-bond donors (Lipinski definition) is 0. The average Bonchev–Trinajstić information content (AvgIpc) is 1.55. The monoisotopic (exact) mass is 1840 g/mol. The van der Waals surface area contributed by atoms with Crippen LogP contribution in [0.3, 0.4) is 0 Å². The predicted molar refractivity (Wildman–Crippen MR) is 558 cm³/mol. The summed E-state index contributed by atoms with van der Waals surface area (Å²) in [4.78, 5) is 46.4. The molecule has 0 unspecified atom stereocenters. The Morgan fingerprint density at radius 1 is 0.266 bits per heavy atom. The second kappa shape index (κ2) is 38.1. The highest BCUT2D eigenvalue weighted by Crippen LogP contribution is 2.59. The first kappa shape index (κ1) is 85.9. The lowest BCUT2D eigenvalue weighted by Crippen LogP contribution is -2.17. The number of rotatable bonds is 25. The number of ether oxygens (including phenoxy) is 1. The van der Waals surface area contributed by atoms with Crippen LogP contribution in [0.1, 0.15) is 11.1 Å². The van der Waals surface area contributed by atoms with Crippen LogP contribution in [-0.4, -0.2) is 63.1 Å². The summed E-state index contributed by atoms with van der Waals surface area (Å²) in [7, 11) is 1.35. The first-order valence-electron chi connectivity index (χ1n) is 41.4. The van der Waals surface area contributed by atoms with E-state index in [0.29, 0.717) is 5.57 Å². The topological polar surface area (TPSA) is 50.1 Å². The van der Waals surface area contributed by atoms with Crippen LogP contribution in [0.2, 0.25) is 0 Å². The van der Waals surface area contributed by atoms with E-state index < -0.39 is 5.97 Å². The molecule has 0 atom stereocenters. The largest absolute Gasteiger partial charge is 0.474 e. The summed E-state index contributed by atoms with van der Waals surface area (Å²) in [6.07, 6.45) is 16.9. The molecule has 9 nitrogen and oxygen atoms in total. The Morgan fingerprint density at radius 3 is 0.680 bits per heavy atom. The second-order valence-electron chi connectivity index (χ2n) is 30.4. The number of hydrogen-bond acceptors (Lipinski definition) is 18. The molecule has 128 heavy (non-hydrogen) atoms. The van der Waals surface area contributed by atoms with Gasteiger partial charge in [-0.05, 0) is 398 Å². The Morgan fingerprint density at radius 2 is 0.477 bits per heavy atom. The number of anilines is 18. The van der Waals surface area contributed by atoms with Crippen LogP contribution in [0, 0.1) is 6.57 Å². The SMILES string of the molecule is [C-]#[N+]C(C(=O)OC)=C1c2cc(-c3ccc(N4c5ccc(N(c6ccc(SC)cc6)c6ccc(SC)cc6)cc5Sc5cc(N(c6ccc(SC)cc6)c6ccc(SC)cc6)ccc54)cc3)ccc2-c2ccc(-c3ccc(N4c5ccc(N(c6ccc(SC)cc6)c6ccc(SC)cc6)cc5Sc5cc(N(c6ccc(SC)cc6)c6ccc(SC)cc6)ccc54)cc3)cc21. The molecule has 0 saturated carbocycles. The minimum Gasteiger partial charge on any atom is -0.474 e. The summed E-state index contributed by atoms with van der Waals surface area (Å²) in [5, 5.41) is 0. The lowest BCUT2D eigenvalue weighted by molar-refractivity contribution is -0.135. The number of benzene rings is 16. The number of thioether (sulfide) groups is 8. The van der Waals surface area contributed by atoms with Crippen molar-refractivity contribution in [3.05, 3.63) is 380 Å². The van der Waals surface area contributed by atoms with Crippen molar-refractivity contribution < 1.29 is 9.53 Å². The van der Waals surface area contributed by atoms with Gasteiger partial charge in [0.2, 0.25) is 0 Å². The molecule has 19 heteroatoms. The molecule has 2 heterocycles. The summed E-state index contributed by atoms with van der Waals surface area (Å²) >= 11 is 17.5. The third-order valence-electron chi connectivity index (χ3n) is 23.4. The van der Waals surface area contributed by atoms with E-state index in [9.17, 15) is 4.79 Å². The summed E-state index contributed by atoms with van der Waals surface area (Å²) in [6.45, 7) is 8.72. The fourth-order valence-electron chi connectivity index (χ4n) is 17.0.